The first-order valence-corrected chi connectivity index (χ1v) is 12.3. The number of phenols is 1. The summed E-state index contributed by atoms with van der Waals surface area (Å²) in [5.74, 6) is 0.00297. The van der Waals surface area contributed by atoms with Crippen LogP contribution in [0.1, 0.15) is 88.4 Å². The van der Waals surface area contributed by atoms with Crippen molar-refractivity contribution < 1.29 is 9.90 Å². The average molecular weight is 470 g/mol. The number of nitrogens with zero attached hydrogens (tertiary/aromatic N) is 3. The number of ketones is 1. The quantitative estimate of drug-likeness (QED) is 0.268. The molecule has 7 heteroatoms. The van der Waals surface area contributed by atoms with Gasteiger partial charge in [-0.25, -0.2) is 0 Å². The van der Waals surface area contributed by atoms with Gasteiger partial charge in [-0.2, -0.15) is 10.5 Å². The number of unbranched alkanes of at least 4 members (excludes halogenated alkanes) is 1. The number of aromatic hydroxyl groups is 1. The molecule has 1 aromatic carbocycles. The number of nitriles is 2. The maximum absolute atomic E-state index is 13.7. The zero-order valence-corrected chi connectivity index (χ0v) is 21.5. The van der Waals surface area contributed by atoms with Crippen molar-refractivity contribution in [2.75, 3.05) is 0 Å². The molecule has 0 aliphatic heterocycles. The summed E-state index contributed by atoms with van der Waals surface area (Å²) >= 11 is 1.88. The lowest BCUT2D eigenvalue weighted by Crippen LogP contribution is -2.19. The molecule has 0 aliphatic rings. The van der Waals surface area contributed by atoms with E-state index in [0.29, 0.717) is 38.7 Å². The number of benzene rings is 1. The molecule has 2 aromatic rings. The number of rotatable bonds is 7. The van der Waals surface area contributed by atoms with Crippen LogP contribution in [-0.4, -0.2) is 15.5 Å². The Labute approximate surface area is 199 Å². The summed E-state index contributed by atoms with van der Waals surface area (Å²) in [5.41, 5.74) is 1.58. The molecule has 0 saturated carbocycles. The van der Waals surface area contributed by atoms with Crippen LogP contribution in [0.15, 0.2) is 28.3 Å². The van der Waals surface area contributed by atoms with Crippen LogP contribution in [0.5, 0.6) is 5.75 Å². The number of thiocyanates is 2. The van der Waals surface area contributed by atoms with Crippen LogP contribution >= 0.6 is 23.5 Å². The maximum Gasteiger partial charge on any atom is 0.195 e. The van der Waals surface area contributed by atoms with Crippen molar-refractivity contribution in [2.45, 2.75) is 88.6 Å². The van der Waals surface area contributed by atoms with E-state index in [9.17, 15) is 20.4 Å². The molecule has 2 rings (SSSR count). The minimum Gasteiger partial charge on any atom is -0.507 e. The molecular formula is C25H31N3O2S2. The lowest BCUT2D eigenvalue weighted by molar-refractivity contribution is 0.103. The highest BCUT2D eigenvalue weighted by molar-refractivity contribution is 8.06. The molecule has 1 aromatic heterocycles. The van der Waals surface area contributed by atoms with Gasteiger partial charge < -0.3 is 9.67 Å². The second kappa shape index (κ2) is 10.1. The molecule has 0 fully saturated rings. The predicted molar refractivity (Wildman–Crippen MR) is 131 cm³/mol. The van der Waals surface area contributed by atoms with Gasteiger partial charge in [0.15, 0.2) is 5.78 Å². The molecule has 5 nitrogen and oxygen atoms in total. The first kappa shape index (κ1) is 25.9. The standard InChI is InChI=1S/C25H31N3O2S2/c1-8-9-10-28-13-17(22(31-14-26)23(28)32-15-27)20(29)16-11-18(24(2,3)4)21(30)19(12-16)25(5,6)7/h11-13,30H,8-10H2,1-7H3. The predicted octanol–water partition coefficient (Wildman–Crippen LogP) is 6.97. The molecule has 0 radical (unpaired) electrons. The SMILES string of the molecule is CCCCn1cc(C(=O)c2cc(C(C)(C)C)c(O)c(C(C)(C)C)c2)c(SC#N)c1SC#N. The summed E-state index contributed by atoms with van der Waals surface area (Å²) < 4.78 is 1.90. The van der Waals surface area contributed by atoms with Crippen molar-refractivity contribution in [1.82, 2.24) is 4.57 Å². The molecular weight excluding hydrogens is 438 g/mol. The van der Waals surface area contributed by atoms with Crippen LogP contribution in [0.25, 0.3) is 0 Å². The van der Waals surface area contributed by atoms with E-state index < -0.39 is 0 Å². The van der Waals surface area contributed by atoms with Crippen molar-refractivity contribution in [2.24, 2.45) is 0 Å². The van der Waals surface area contributed by atoms with Crippen LogP contribution in [0, 0.1) is 21.3 Å². The Morgan fingerprint density at radius 3 is 2.00 bits per heavy atom. The van der Waals surface area contributed by atoms with Crippen molar-refractivity contribution in [3.8, 4) is 16.6 Å². The third-order valence-electron chi connectivity index (χ3n) is 5.26. The highest BCUT2D eigenvalue weighted by Gasteiger charge is 2.30. The van der Waals surface area contributed by atoms with Gasteiger partial charge in [0.25, 0.3) is 0 Å². The molecule has 0 aliphatic carbocycles. The van der Waals surface area contributed by atoms with Gasteiger partial charge in [-0.05, 0) is 41.1 Å². The summed E-state index contributed by atoms with van der Waals surface area (Å²) in [7, 11) is 0. The number of hydrogen-bond donors (Lipinski definition) is 1. The summed E-state index contributed by atoms with van der Waals surface area (Å²) in [6.45, 7) is 14.8. The second-order valence-electron chi connectivity index (χ2n) is 9.86. The van der Waals surface area contributed by atoms with Crippen LogP contribution < -0.4 is 0 Å². The molecule has 0 unspecified atom stereocenters. The van der Waals surface area contributed by atoms with E-state index >= 15 is 0 Å². The largest absolute Gasteiger partial charge is 0.507 e. The second-order valence-corrected chi connectivity index (χ2v) is 11.4. The van der Waals surface area contributed by atoms with Gasteiger partial charge in [0.2, 0.25) is 0 Å². The fourth-order valence-corrected chi connectivity index (χ4v) is 4.88. The number of aromatic nitrogens is 1. The first-order chi connectivity index (χ1) is 14.9. The summed E-state index contributed by atoms with van der Waals surface area (Å²) in [6, 6.07) is 3.52. The zero-order chi connectivity index (χ0) is 24.3. The maximum atomic E-state index is 13.7. The Morgan fingerprint density at radius 1 is 1.03 bits per heavy atom. The van der Waals surface area contributed by atoms with Gasteiger partial charge in [-0.1, -0.05) is 54.9 Å². The molecule has 1 N–H and O–H groups in total. The zero-order valence-electron chi connectivity index (χ0n) is 19.9. The number of phenolic OH excluding ortho intramolecular Hbond substituents is 1. The first-order valence-electron chi connectivity index (χ1n) is 10.6. The molecule has 0 atom stereocenters. The van der Waals surface area contributed by atoms with Crippen LogP contribution in [-0.2, 0) is 17.4 Å². The normalized spacial score (nSPS) is 11.8. The highest BCUT2D eigenvalue weighted by atomic mass is 32.2. The molecule has 32 heavy (non-hydrogen) atoms. The molecule has 0 spiro atoms. The lowest BCUT2D eigenvalue weighted by atomic mass is 9.78. The van der Waals surface area contributed by atoms with E-state index in [2.05, 4.69) is 17.7 Å². The summed E-state index contributed by atoms with van der Waals surface area (Å²) in [6.07, 6.45) is 3.64. The van der Waals surface area contributed by atoms with E-state index in [-0.39, 0.29) is 22.4 Å². The Balaban J connectivity index is 2.76. The molecule has 1 heterocycles. The van der Waals surface area contributed by atoms with Gasteiger partial charge in [0.1, 0.15) is 21.6 Å². The Hall–Kier alpha value is -2.35. The third kappa shape index (κ3) is 5.52. The summed E-state index contributed by atoms with van der Waals surface area (Å²) in [4.78, 5) is 14.3. The number of thioether (sulfide) groups is 2. The van der Waals surface area contributed by atoms with Crippen molar-refractivity contribution in [3.05, 3.63) is 40.6 Å². The number of aryl methyl sites for hydroxylation is 1. The highest BCUT2D eigenvalue weighted by Crippen LogP contribution is 2.41. The molecule has 170 valence electrons. The molecule has 0 saturated heterocycles. The Morgan fingerprint density at radius 2 is 1.56 bits per heavy atom. The minimum absolute atomic E-state index is 0.214. The van der Waals surface area contributed by atoms with Gasteiger partial charge in [-0.3, -0.25) is 4.79 Å². The monoisotopic (exact) mass is 469 g/mol. The van der Waals surface area contributed by atoms with Crippen LogP contribution in [0.4, 0.5) is 0 Å². The Bertz CT molecular complexity index is 1060. The smallest absolute Gasteiger partial charge is 0.195 e. The number of hydrogen-bond acceptors (Lipinski definition) is 6. The van der Waals surface area contributed by atoms with Crippen molar-refractivity contribution >= 4 is 29.3 Å². The molecule has 0 amide bonds. The lowest BCUT2D eigenvalue weighted by Gasteiger charge is -2.28. The van der Waals surface area contributed by atoms with Gasteiger partial charge >= 0.3 is 0 Å². The van der Waals surface area contributed by atoms with E-state index in [4.69, 9.17) is 0 Å². The fraction of sp³-hybridized carbons (Fsp3) is 0.480. The van der Waals surface area contributed by atoms with Crippen molar-refractivity contribution in [1.29, 1.82) is 10.5 Å². The van der Waals surface area contributed by atoms with Gasteiger partial charge in [0, 0.05) is 41.2 Å². The number of carbonyl (C=O) groups excluding carboxylic acids is 1. The molecule has 0 bridgehead atoms. The van der Waals surface area contributed by atoms with Crippen LogP contribution in [0.3, 0.4) is 0 Å². The minimum atomic E-state index is -0.362. The van der Waals surface area contributed by atoms with E-state index in [0.717, 1.165) is 36.4 Å². The fourth-order valence-electron chi connectivity index (χ4n) is 3.53. The topological polar surface area (TPSA) is 89.8 Å². The average Bonchev–Trinajstić information content (AvgIpc) is 3.02. The van der Waals surface area contributed by atoms with Gasteiger partial charge in [-0.15, -0.1) is 0 Å². The third-order valence-corrected chi connectivity index (χ3v) is 6.82. The summed E-state index contributed by atoms with van der Waals surface area (Å²) in [5, 5.41) is 34.5. The van der Waals surface area contributed by atoms with Crippen molar-refractivity contribution in [3.63, 3.8) is 0 Å². The van der Waals surface area contributed by atoms with Gasteiger partial charge in [0.05, 0.1) is 10.5 Å². The Kier molecular flexibility index (Phi) is 8.15. The van der Waals surface area contributed by atoms with E-state index in [1.165, 1.54) is 0 Å². The van der Waals surface area contributed by atoms with Crippen LogP contribution in [0.2, 0.25) is 0 Å². The van der Waals surface area contributed by atoms with E-state index in [1.54, 1.807) is 18.3 Å². The van der Waals surface area contributed by atoms with E-state index in [1.807, 2.05) is 46.1 Å². The number of carbonyl (C=O) groups is 1.